The molecule has 13 heteroatoms. The molecule has 0 spiro atoms. The van der Waals surface area contributed by atoms with Gasteiger partial charge in [-0.05, 0) is 51.5 Å². The number of rotatable bonds is 9. The molecule has 2 unspecified atom stereocenters. The van der Waals surface area contributed by atoms with Crippen LogP contribution in [0.25, 0.3) is 11.0 Å². The summed E-state index contributed by atoms with van der Waals surface area (Å²) in [5.74, 6) is 3.69. The Labute approximate surface area is 285 Å². The lowest BCUT2D eigenvalue weighted by molar-refractivity contribution is 0.407. The number of aryl methyl sites for hydroxylation is 2. The molecular formula is C35H39N5O6S2. The predicted molar refractivity (Wildman–Crippen MR) is 189 cm³/mol. The summed E-state index contributed by atoms with van der Waals surface area (Å²) in [6.07, 6.45) is 4.10. The molecule has 4 heterocycles. The van der Waals surface area contributed by atoms with E-state index >= 15 is 0 Å². The maximum absolute atomic E-state index is 12.7. The fraction of sp³-hybridized carbons (Fsp3) is 0.314. The molecule has 3 aromatic heterocycles. The van der Waals surface area contributed by atoms with Crippen molar-refractivity contribution >= 4 is 43.4 Å². The third kappa shape index (κ3) is 7.42. The molecule has 1 aliphatic rings. The molecule has 0 amide bonds. The van der Waals surface area contributed by atoms with Gasteiger partial charge in [0.15, 0.2) is 5.16 Å². The van der Waals surface area contributed by atoms with Crippen LogP contribution in [0.1, 0.15) is 39.2 Å². The number of nitrogens with one attached hydrogen (secondary N) is 1. The highest BCUT2D eigenvalue weighted by Gasteiger charge is 2.22. The highest BCUT2D eigenvalue weighted by molar-refractivity contribution is 8.00. The van der Waals surface area contributed by atoms with E-state index in [1.165, 1.54) is 0 Å². The van der Waals surface area contributed by atoms with E-state index in [1.807, 2.05) is 64.1 Å². The van der Waals surface area contributed by atoms with Crippen LogP contribution >= 0.6 is 0 Å². The van der Waals surface area contributed by atoms with Crippen molar-refractivity contribution in [2.45, 2.75) is 50.8 Å². The quantitative estimate of drug-likeness (QED) is 0.193. The molecule has 2 aromatic carbocycles. The first-order valence-electron chi connectivity index (χ1n) is 15.1. The van der Waals surface area contributed by atoms with Crippen molar-refractivity contribution in [1.82, 2.24) is 19.9 Å². The van der Waals surface area contributed by atoms with Gasteiger partial charge in [-0.15, -0.1) is 0 Å². The van der Waals surface area contributed by atoms with Gasteiger partial charge in [0.2, 0.25) is 0 Å². The van der Waals surface area contributed by atoms with Crippen molar-refractivity contribution in [2.75, 3.05) is 28.4 Å². The first-order chi connectivity index (χ1) is 23.1. The summed E-state index contributed by atoms with van der Waals surface area (Å²) in [7, 11) is 3.95. The van der Waals surface area contributed by atoms with Gasteiger partial charge in [0.05, 0.1) is 89.7 Å². The molecule has 0 aliphatic carbocycles. The summed E-state index contributed by atoms with van der Waals surface area (Å²) >= 11 is 0. The third-order valence-corrected chi connectivity index (χ3v) is 10.5. The number of pyridine rings is 2. The van der Waals surface area contributed by atoms with Crippen molar-refractivity contribution in [2.24, 2.45) is 4.99 Å². The van der Waals surface area contributed by atoms with Gasteiger partial charge in [0.1, 0.15) is 28.0 Å². The summed E-state index contributed by atoms with van der Waals surface area (Å²) in [4.78, 5) is 20.9. The summed E-state index contributed by atoms with van der Waals surface area (Å²) in [6.45, 7) is 7.76. The van der Waals surface area contributed by atoms with Gasteiger partial charge >= 0.3 is 0 Å². The molecule has 6 rings (SSSR count). The molecule has 0 saturated carbocycles. The highest BCUT2D eigenvalue weighted by Crippen LogP contribution is 2.32. The number of fused-ring (bicyclic) bond motifs is 2. The van der Waals surface area contributed by atoms with E-state index < -0.39 is 21.6 Å². The number of ether oxygens (including phenoxy) is 4. The Morgan fingerprint density at radius 1 is 0.729 bits per heavy atom. The highest BCUT2D eigenvalue weighted by atomic mass is 32.2. The van der Waals surface area contributed by atoms with Crippen molar-refractivity contribution < 1.29 is 27.4 Å². The molecule has 48 heavy (non-hydrogen) atoms. The second-order valence-electron chi connectivity index (χ2n) is 11.2. The first-order valence-corrected chi connectivity index (χ1v) is 17.7. The van der Waals surface area contributed by atoms with Crippen LogP contribution in [0.5, 0.6) is 23.0 Å². The fourth-order valence-corrected chi connectivity index (χ4v) is 7.75. The number of H-pyrrole nitrogens is 1. The summed E-state index contributed by atoms with van der Waals surface area (Å²) in [5.41, 5.74) is 8.76. The number of benzene rings is 2. The molecule has 1 N–H and O–H groups in total. The zero-order valence-corrected chi connectivity index (χ0v) is 29.9. The average molecular weight is 690 g/mol. The van der Waals surface area contributed by atoms with Crippen molar-refractivity contribution in [3.8, 4) is 23.0 Å². The Morgan fingerprint density at radius 2 is 1.29 bits per heavy atom. The van der Waals surface area contributed by atoms with E-state index in [0.29, 0.717) is 22.4 Å². The predicted octanol–water partition coefficient (Wildman–Crippen LogP) is 6.15. The molecule has 2 atom stereocenters. The third-order valence-electron chi connectivity index (χ3n) is 8.06. The van der Waals surface area contributed by atoms with Gasteiger partial charge in [0, 0.05) is 53.2 Å². The zero-order chi connectivity index (χ0) is 34.5. The Bertz CT molecular complexity index is 2060. The molecule has 11 nitrogen and oxygen atoms in total. The lowest BCUT2D eigenvalue weighted by Gasteiger charge is -2.12. The van der Waals surface area contributed by atoms with Gasteiger partial charge in [-0.1, -0.05) is 6.07 Å². The number of aromatic amines is 1. The summed E-state index contributed by atoms with van der Waals surface area (Å²) in [6, 6.07) is 11.2. The number of aromatic nitrogens is 4. The fourth-order valence-electron chi connectivity index (χ4n) is 5.43. The number of nitrogens with zero attached hydrogens (tertiary/aromatic N) is 4. The van der Waals surface area contributed by atoms with Gasteiger partial charge in [-0.2, -0.15) is 0 Å². The second-order valence-corrected chi connectivity index (χ2v) is 14.0. The summed E-state index contributed by atoms with van der Waals surface area (Å²) in [5, 5.41) is 1.11. The molecule has 0 bridgehead atoms. The molecule has 252 valence electrons. The maximum Gasteiger partial charge on any atom is 0.197 e. The molecule has 0 fully saturated rings. The molecule has 0 radical (unpaired) electrons. The van der Waals surface area contributed by atoms with Crippen molar-refractivity contribution in [3.05, 3.63) is 88.0 Å². The van der Waals surface area contributed by atoms with Gasteiger partial charge < -0.3 is 23.9 Å². The van der Waals surface area contributed by atoms with Crippen molar-refractivity contribution in [3.63, 3.8) is 0 Å². The average Bonchev–Trinajstić information content (AvgIpc) is 3.72. The van der Waals surface area contributed by atoms with E-state index in [0.717, 1.165) is 78.9 Å². The molecule has 5 aromatic rings. The number of methoxy groups -OCH3 is 4. The van der Waals surface area contributed by atoms with Crippen molar-refractivity contribution in [1.29, 1.82) is 0 Å². The Hall–Kier alpha value is -4.62. The van der Waals surface area contributed by atoms with Crippen LogP contribution in [0, 0.1) is 27.7 Å². The van der Waals surface area contributed by atoms with E-state index in [9.17, 15) is 8.42 Å². The van der Waals surface area contributed by atoms with Crippen LogP contribution < -0.4 is 18.9 Å². The van der Waals surface area contributed by atoms with E-state index in [2.05, 4.69) is 24.9 Å². The smallest absolute Gasteiger partial charge is 0.197 e. The zero-order valence-electron chi connectivity index (χ0n) is 28.3. The Kier molecular flexibility index (Phi) is 10.9. The largest absolute Gasteiger partial charge is 0.497 e. The van der Waals surface area contributed by atoms with E-state index in [-0.39, 0.29) is 5.75 Å². The lowest BCUT2D eigenvalue weighted by atomic mass is 10.1. The van der Waals surface area contributed by atoms with Crippen LogP contribution in [0.4, 0.5) is 5.69 Å². The second kappa shape index (κ2) is 15.1. The van der Waals surface area contributed by atoms with Crippen LogP contribution in [-0.4, -0.2) is 61.8 Å². The number of hydrogen-bond acceptors (Lipinski definition) is 10. The minimum Gasteiger partial charge on any atom is -0.497 e. The van der Waals surface area contributed by atoms with E-state index in [4.69, 9.17) is 18.9 Å². The normalized spacial score (nSPS) is 13.2. The van der Waals surface area contributed by atoms with Crippen LogP contribution in [0.3, 0.4) is 0 Å². The van der Waals surface area contributed by atoms with E-state index in [1.54, 1.807) is 40.8 Å². The molecule has 1 aliphatic heterocycles. The standard InChI is InChI=1S/C18H20N2O3S.C17H19N3O3S/c1-11-9-19-16(12(2)18(11)23-4)10-24(21)17-7-13-5-6-14(22-3)8-15(13)20-17;1-10-8-18-15(11(2)16(10)23-4)9-24(21)17-19-13-6-5-12(22-3)7-14(13)20-17/h5-6,8-9H,7,10H2,1-4H3;5-8H,9H2,1-4H3,(H,19,20). The van der Waals surface area contributed by atoms with Gasteiger partial charge in [-0.3, -0.25) is 18.4 Å². The SMILES string of the molecule is COc1ccc2c(c1)N=C(S(=O)Cc1ncc(C)c(OC)c1C)C2.COc1ccc2nc(S(=O)Cc3ncc(C)c(OC)c3C)[nH]c2c1. The Morgan fingerprint density at radius 3 is 1.88 bits per heavy atom. The number of imidazole rings is 1. The van der Waals surface area contributed by atoms with Gasteiger partial charge in [0.25, 0.3) is 0 Å². The minimum absolute atomic E-state index is 0.277. The maximum atomic E-state index is 12.7. The van der Waals surface area contributed by atoms with Crippen LogP contribution in [0.15, 0.2) is 58.9 Å². The molecule has 0 saturated heterocycles. The van der Waals surface area contributed by atoms with Gasteiger partial charge in [-0.25, -0.2) is 9.98 Å². The van der Waals surface area contributed by atoms with Crippen LogP contribution in [-0.2, 0) is 39.5 Å². The number of aliphatic imine (C=N–C) groups is 1. The summed E-state index contributed by atoms with van der Waals surface area (Å²) < 4.78 is 46.6. The Balaban J connectivity index is 0.000000188. The first kappa shape index (κ1) is 34.7. The minimum atomic E-state index is -1.33. The lowest BCUT2D eigenvalue weighted by Crippen LogP contribution is -2.12. The number of hydrogen-bond donors (Lipinski definition) is 1. The molecular weight excluding hydrogens is 651 g/mol. The monoisotopic (exact) mass is 689 g/mol. The van der Waals surface area contributed by atoms with Crippen LogP contribution in [0.2, 0.25) is 0 Å². The topological polar surface area (TPSA) is 138 Å².